The average molecular weight is 251 g/mol. The first-order valence-corrected chi connectivity index (χ1v) is 7.71. The Labute approximate surface area is 110 Å². The Morgan fingerprint density at radius 3 is 2.47 bits per heavy atom. The van der Waals surface area contributed by atoms with Crippen molar-refractivity contribution in [3.8, 4) is 0 Å². The number of hydrogen-bond acceptors (Lipinski definition) is 2. The molecule has 17 heavy (non-hydrogen) atoms. The molecule has 0 bridgehead atoms. The predicted octanol–water partition coefficient (Wildman–Crippen LogP) is 4.50. The number of nitrogens with one attached hydrogen (secondary N) is 1. The molecular formula is C15H25NS. The van der Waals surface area contributed by atoms with Crippen molar-refractivity contribution in [2.75, 3.05) is 13.3 Å². The molecule has 0 amide bonds. The highest BCUT2D eigenvalue weighted by Crippen LogP contribution is 2.28. The van der Waals surface area contributed by atoms with Gasteiger partial charge in [0, 0.05) is 10.9 Å². The summed E-state index contributed by atoms with van der Waals surface area (Å²) < 4.78 is 0. The Morgan fingerprint density at radius 1 is 1.18 bits per heavy atom. The second-order valence-corrected chi connectivity index (χ2v) is 5.76. The van der Waals surface area contributed by atoms with Gasteiger partial charge in [-0.3, -0.25) is 0 Å². The van der Waals surface area contributed by atoms with Crippen molar-refractivity contribution in [3.63, 3.8) is 0 Å². The molecule has 0 radical (unpaired) electrons. The molecule has 0 aliphatic heterocycles. The van der Waals surface area contributed by atoms with Crippen LogP contribution >= 0.6 is 11.8 Å². The molecule has 1 unspecified atom stereocenters. The van der Waals surface area contributed by atoms with E-state index in [1.54, 1.807) is 0 Å². The van der Waals surface area contributed by atoms with Crippen molar-refractivity contribution >= 4 is 11.8 Å². The van der Waals surface area contributed by atoms with Crippen LogP contribution in [0.2, 0.25) is 0 Å². The van der Waals surface area contributed by atoms with E-state index in [0.29, 0.717) is 6.04 Å². The largest absolute Gasteiger partial charge is 0.313 e. The molecular weight excluding hydrogens is 226 g/mol. The van der Waals surface area contributed by atoms with Crippen LogP contribution in [0.5, 0.6) is 0 Å². The topological polar surface area (TPSA) is 12.0 Å². The molecule has 1 nitrogen and oxygen atoms in total. The summed E-state index contributed by atoms with van der Waals surface area (Å²) in [5.74, 6) is 0.809. The number of hydrogen-bond donors (Lipinski definition) is 1. The third kappa shape index (κ3) is 4.72. The maximum atomic E-state index is 3.45. The second kappa shape index (κ2) is 7.78. The van der Waals surface area contributed by atoms with E-state index in [1.165, 1.54) is 29.7 Å². The molecule has 1 N–H and O–H groups in total. The van der Waals surface area contributed by atoms with Crippen LogP contribution in [0, 0.1) is 5.92 Å². The van der Waals surface area contributed by atoms with Crippen LogP contribution in [0.4, 0.5) is 0 Å². The number of benzene rings is 1. The first-order valence-electron chi connectivity index (χ1n) is 6.49. The van der Waals surface area contributed by atoms with Gasteiger partial charge in [0.05, 0.1) is 0 Å². The Balaban J connectivity index is 2.65. The molecule has 0 fully saturated rings. The van der Waals surface area contributed by atoms with E-state index in [4.69, 9.17) is 0 Å². The minimum Gasteiger partial charge on any atom is -0.313 e. The van der Waals surface area contributed by atoms with Gasteiger partial charge in [-0.15, -0.1) is 11.8 Å². The summed E-state index contributed by atoms with van der Waals surface area (Å²) in [5, 5.41) is 3.45. The summed E-state index contributed by atoms with van der Waals surface area (Å²) >= 11 is 1.84. The lowest BCUT2D eigenvalue weighted by molar-refractivity contribution is 0.467. The monoisotopic (exact) mass is 251 g/mol. The Morgan fingerprint density at radius 2 is 1.88 bits per heavy atom. The van der Waals surface area contributed by atoms with Crippen LogP contribution in [0.25, 0.3) is 0 Å². The summed E-state index contributed by atoms with van der Waals surface area (Å²) in [6.45, 7) is 4.59. The highest BCUT2D eigenvalue weighted by molar-refractivity contribution is 7.98. The minimum atomic E-state index is 0.498. The van der Waals surface area contributed by atoms with Crippen LogP contribution < -0.4 is 5.32 Å². The molecule has 0 aromatic heterocycles. The first kappa shape index (κ1) is 14.6. The fourth-order valence-corrected chi connectivity index (χ4v) is 2.80. The Kier molecular flexibility index (Phi) is 6.68. The van der Waals surface area contributed by atoms with Gasteiger partial charge in [0.2, 0.25) is 0 Å². The molecule has 0 aliphatic rings. The summed E-state index contributed by atoms with van der Waals surface area (Å²) in [6.07, 6.45) is 6.00. The quantitative estimate of drug-likeness (QED) is 0.716. The fraction of sp³-hybridized carbons (Fsp3) is 0.600. The van der Waals surface area contributed by atoms with E-state index in [2.05, 4.69) is 56.7 Å². The molecule has 0 saturated carbocycles. The molecule has 1 aromatic carbocycles. The van der Waals surface area contributed by atoms with Crippen molar-refractivity contribution in [3.05, 3.63) is 29.8 Å². The van der Waals surface area contributed by atoms with Gasteiger partial charge >= 0.3 is 0 Å². The Hall–Kier alpha value is -0.470. The Bertz CT molecular complexity index is 322. The second-order valence-electron chi connectivity index (χ2n) is 4.91. The van der Waals surface area contributed by atoms with E-state index in [0.717, 1.165) is 5.92 Å². The van der Waals surface area contributed by atoms with Gasteiger partial charge in [0.15, 0.2) is 0 Å². The zero-order valence-electron chi connectivity index (χ0n) is 11.5. The highest BCUT2D eigenvalue weighted by Gasteiger charge is 2.12. The summed E-state index contributed by atoms with van der Waals surface area (Å²) in [7, 11) is 2.07. The lowest BCUT2D eigenvalue weighted by Crippen LogP contribution is -2.17. The van der Waals surface area contributed by atoms with Crippen molar-refractivity contribution < 1.29 is 0 Å². The van der Waals surface area contributed by atoms with Gasteiger partial charge in [-0.1, -0.05) is 44.9 Å². The molecule has 96 valence electrons. The zero-order valence-corrected chi connectivity index (χ0v) is 12.3. The summed E-state index contributed by atoms with van der Waals surface area (Å²) in [6, 6.07) is 9.23. The molecule has 1 rings (SSSR count). The van der Waals surface area contributed by atoms with Crippen molar-refractivity contribution in [1.82, 2.24) is 5.32 Å². The van der Waals surface area contributed by atoms with E-state index in [9.17, 15) is 0 Å². The highest BCUT2D eigenvalue weighted by atomic mass is 32.2. The van der Waals surface area contributed by atoms with E-state index < -0.39 is 0 Å². The van der Waals surface area contributed by atoms with Gasteiger partial charge in [-0.25, -0.2) is 0 Å². The standard InChI is InChI=1S/C15H25NS/c1-12(2)8-7-10-14(16-3)13-9-5-6-11-15(13)17-4/h5-6,9,11-12,14,16H,7-8,10H2,1-4H3. The van der Waals surface area contributed by atoms with Gasteiger partial charge in [-0.05, 0) is 37.3 Å². The lowest BCUT2D eigenvalue weighted by Gasteiger charge is -2.19. The lowest BCUT2D eigenvalue weighted by atomic mass is 9.98. The molecule has 0 spiro atoms. The van der Waals surface area contributed by atoms with E-state index >= 15 is 0 Å². The van der Waals surface area contributed by atoms with Crippen LogP contribution in [-0.4, -0.2) is 13.3 Å². The molecule has 1 aromatic rings. The SMILES string of the molecule is CNC(CCCC(C)C)c1ccccc1SC. The van der Waals surface area contributed by atoms with Gasteiger partial charge < -0.3 is 5.32 Å². The molecule has 0 aliphatic carbocycles. The van der Waals surface area contributed by atoms with Gasteiger partial charge in [-0.2, -0.15) is 0 Å². The normalized spacial score (nSPS) is 13.0. The zero-order chi connectivity index (χ0) is 12.7. The fourth-order valence-electron chi connectivity index (χ4n) is 2.14. The number of thioether (sulfide) groups is 1. The maximum absolute atomic E-state index is 3.45. The molecule has 2 heteroatoms. The maximum Gasteiger partial charge on any atom is 0.0328 e. The molecule has 0 saturated heterocycles. The van der Waals surface area contributed by atoms with Gasteiger partial charge in [0.1, 0.15) is 0 Å². The number of rotatable bonds is 7. The van der Waals surface area contributed by atoms with Crippen LogP contribution in [-0.2, 0) is 0 Å². The molecule has 1 atom stereocenters. The summed E-state index contributed by atoms with van der Waals surface area (Å²) in [5.41, 5.74) is 1.45. The first-order chi connectivity index (χ1) is 8.19. The van der Waals surface area contributed by atoms with Crippen LogP contribution in [0.15, 0.2) is 29.2 Å². The third-order valence-electron chi connectivity index (χ3n) is 3.14. The van der Waals surface area contributed by atoms with Crippen molar-refractivity contribution in [2.24, 2.45) is 5.92 Å². The van der Waals surface area contributed by atoms with E-state index in [-0.39, 0.29) is 0 Å². The van der Waals surface area contributed by atoms with Crippen molar-refractivity contribution in [1.29, 1.82) is 0 Å². The minimum absolute atomic E-state index is 0.498. The molecule has 0 heterocycles. The van der Waals surface area contributed by atoms with Crippen LogP contribution in [0.3, 0.4) is 0 Å². The smallest absolute Gasteiger partial charge is 0.0328 e. The van der Waals surface area contributed by atoms with Gasteiger partial charge in [0.25, 0.3) is 0 Å². The third-order valence-corrected chi connectivity index (χ3v) is 3.95. The van der Waals surface area contributed by atoms with Crippen molar-refractivity contribution in [2.45, 2.75) is 44.0 Å². The average Bonchev–Trinajstić information content (AvgIpc) is 2.34. The predicted molar refractivity (Wildman–Crippen MR) is 78.7 cm³/mol. The van der Waals surface area contributed by atoms with E-state index in [1.807, 2.05) is 11.8 Å². The summed E-state index contributed by atoms with van der Waals surface area (Å²) in [4.78, 5) is 1.40. The van der Waals surface area contributed by atoms with Crippen LogP contribution in [0.1, 0.15) is 44.7 Å².